The van der Waals surface area contributed by atoms with Gasteiger partial charge in [0.2, 0.25) is 5.91 Å². The molecule has 8 heteroatoms. The van der Waals surface area contributed by atoms with Crippen LogP contribution in [0.25, 0.3) is 11.0 Å². The number of hydrogen-bond donors (Lipinski definition) is 2. The lowest BCUT2D eigenvalue weighted by Gasteiger charge is -2.47. The number of fused-ring (bicyclic) bond motifs is 2. The van der Waals surface area contributed by atoms with Crippen molar-refractivity contribution in [2.75, 3.05) is 19.7 Å². The van der Waals surface area contributed by atoms with Crippen LogP contribution in [0.2, 0.25) is 0 Å². The van der Waals surface area contributed by atoms with Gasteiger partial charge in [-0.05, 0) is 56.4 Å². The SMILES string of the molecule is Cc1c(Cc2ccccc2)c(=O)oc2cc(OCC(=O)N[C@@H](C)C(=O)N3CC[C@]4(O)CCCC[C@H]4C3)ccc12. The van der Waals surface area contributed by atoms with Crippen molar-refractivity contribution in [2.24, 2.45) is 5.92 Å². The van der Waals surface area contributed by atoms with Gasteiger partial charge in [-0.15, -0.1) is 0 Å². The fourth-order valence-electron chi connectivity index (χ4n) is 6.01. The van der Waals surface area contributed by atoms with E-state index in [0.29, 0.717) is 42.8 Å². The van der Waals surface area contributed by atoms with Crippen molar-refractivity contribution in [3.63, 3.8) is 0 Å². The van der Waals surface area contributed by atoms with Crippen LogP contribution in [0, 0.1) is 12.8 Å². The monoisotopic (exact) mass is 532 g/mol. The number of aryl methyl sites for hydroxylation is 1. The quantitative estimate of drug-likeness (QED) is 0.449. The van der Waals surface area contributed by atoms with Crippen molar-refractivity contribution in [3.05, 3.63) is 75.6 Å². The van der Waals surface area contributed by atoms with E-state index < -0.39 is 23.2 Å². The molecular weight excluding hydrogens is 496 g/mol. The van der Waals surface area contributed by atoms with E-state index >= 15 is 0 Å². The molecule has 1 aromatic heterocycles. The normalized spacial score (nSPS) is 21.7. The largest absolute Gasteiger partial charge is 0.484 e. The predicted molar refractivity (Wildman–Crippen MR) is 148 cm³/mol. The molecular formula is C31H36N2O6. The second-order valence-electron chi connectivity index (χ2n) is 11.0. The Hall–Kier alpha value is -3.65. The zero-order chi connectivity index (χ0) is 27.6. The first-order valence-corrected chi connectivity index (χ1v) is 13.8. The minimum absolute atomic E-state index is 0.0983. The molecule has 0 radical (unpaired) electrons. The Kier molecular flexibility index (Phi) is 7.75. The van der Waals surface area contributed by atoms with Crippen molar-refractivity contribution < 1.29 is 23.8 Å². The zero-order valence-corrected chi connectivity index (χ0v) is 22.6. The molecule has 2 aromatic carbocycles. The van der Waals surface area contributed by atoms with Crippen molar-refractivity contribution in [1.29, 1.82) is 0 Å². The number of ether oxygens (including phenoxy) is 1. The number of hydrogen-bond acceptors (Lipinski definition) is 6. The molecule has 5 rings (SSSR count). The summed E-state index contributed by atoms with van der Waals surface area (Å²) in [6.45, 7) is 4.32. The maximum Gasteiger partial charge on any atom is 0.340 e. The standard InChI is InChI=1S/C31H36N2O6/c1-20-25-12-11-24(17-27(25)39-30(36)26(20)16-22-8-4-3-5-9-22)38-19-28(34)32-21(2)29(35)33-15-14-31(37)13-7-6-10-23(31)18-33/h3-5,8-9,11-12,17,21,23,37H,6-7,10,13-16,18-19H2,1-2H3,(H,32,34)/t21-,23-,31+/m0/s1. The minimum Gasteiger partial charge on any atom is -0.484 e. The zero-order valence-electron chi connectivity index (χ0n) is 22.6. The van der Waals surface area contributed by atoms with Gasteiger partial charge in [-0.25, -0.2) is 4.79 Å². The van der Waals surface area contributed by atoms with Crippen molar-refractivity contribution in [1.82, 2.24) is 10.2 Å². The smallest absolute Gasteiger partial charge is 0.340 e. The Bertz CT molecular complexity index is 1420. The topological polar surface area (TPSA) is 109 Å². The van der Waals surface area contributed by atoms with Crippen LogP contribution in [0.3, 0.4) is 0 Å². The Morgan fingerprint density at radius 2 is 1.97 bits per heavy atom. The minimum atomic E-state index is -0.698. The second-order valence-corrected chi connectivity index (χ2v) is 11.0. The molecule has 206 valence electrons. The van der Waals surface area contributed by atoms with E-state index in [1.54, 1.807) is 24.0 Å². The van der Waals surface area contributed by atoms with E-state index in [1.165, 1.54) is 0 Å². The van der Waals surface area contributed by atoms with E-state index in [4.69, 9.17) is 9.15 Å². The number of nitrogens with one attached hydrogen (secondary N) is 1. The van der Waals surface area contributed by atoms with Gasteiger partial charge < -0.3 is 24.5 Å². The average molecular weight is 533 g/mol. The first kappa shape index (κ1) is 26.9. The van der Waals surface area contributed by atoms with Gasteiger partial charge in [0, 0.05) is 42.4 Å². The number of nitrogens with zero attached hydrogens (tertiary/aromatic N) is 1. The number of carbonyl (C=O) groups excluding carboxylic acids is 2. The van der Waals surface area contributed by atoms with Crippen LogP contribution in [-0.2, 0) is 16.0 Å². The van der Waals surface area contributed by atoms with Crippen LogP contribution in [0.1, 0.15) is 55.7 Å². The third-order valence-corrected chi connectivity index (χ3v) is 8.34. The molecule has 2 aliphatic rings. The number of piperidine rings is 1. The van der Waals surface area contributed by atoms with Gasteiger partial charge in [0.1, 0.15) is 17.4 Å². The van der Waals surface area contributed by atoms with E-state index in [2.05, 4.69) is 5.32 Å². The molecule has 2 heterocycles. The lowest BCUT2D eigenvalue weighted by Crippen LogP contribution is -2.57. The number of benzene rings is 2. The number of amides is 2. The summed E-state index contributed by atoms with van der Waals surface area (Å²) >= 11 is 0. The molecule has 2 fully saturated rings. The molecule has 2 N–H and O–H groups in total. The third kappa shape index (κ3) is 5.86. The third-order valence-electron chi connectivity index (χ3n) is 8.34. The number of rotatable bonds is 7. The summed E-state index contributed by atoms with van der Waals surface area (Å²) in [5, 5.41) is 14.4. The average Bonchev–Trinajstić information content (AvgIpc) is 2.93. The molecule has 0 spiro atoms. The maximum absolute atomic E-state index is 13.0. The molecule has 39 heavy (non-hydrogen) atoms. The van der Waals surface area contributed by atoms with Gasteiger partial charge in [0.05, 0.1) is 5.60 Å². The van der Waals surface area contributed by atoms with E-state index in [1.807, 2.05) is 43.3 Å². The summed E-state index contributed by atoms with van der Waals surface area (Å²) in [7, 11) is 0. The Balaban J connectivity index is 1.18. The van der Waals surface area contributed by atoms with Crippen molar-refractivity contribution >= 4 is 22.8 Å². The van der Waals surface area contributed by atoms with Crippen LogP contribution < -0.4 is 15.7 Å². The molecule has 1 saturated carbocycles. The highest BCUT2D eigenvalue weighted by Crippen LogP contribution is 2.39. The maximum atomic E-state index is 13.0. The van der Waals surface area contributed by atoms with Crippen LogP contribution in [0.5, 0.6) is 5.75 Å². The summed E-state index contributed by atoms with van der Waals surface area (Å²) in [6.07, 6.45) is 4.90. The van der Waals surface area contributed by atoms with Crippen LogP contribution in [0.15, 0.2) is 57.7 Å². The first-order valence-electron chi connectivity index (χ1n) is 13.8. The Morgan fingerprint density at radius 3 is 2.77 bits per heavy atom. The highest BCUT2D eigenvalue weighted by Gasteiger charge is 2.44. The van der Waals surface area contributed by atoms with Gasteiger partial charge in [-0.1, -0.05) is 43.2 Å². The highest BCUT2D eigenvalue weighted by molar-refractivity contribution is 5.88. The molecule has 0 bridgehead atoms. The van der Waals surface area contributed by atoms with E-state index in [-0.39, 0.29) is 18.4 Å². The predicted octanol–water partition coefficient (Wildman–Crippen LogP) is 3.73. The van der Waals surface area contributed by atoms with Crippen molar-refractivity contribution in [3.8, 4) is 5.75 Å². The van der Waals surface area contributed by atoms with Crippen LogP contribution >= 0.6 is 0 Å². The molecule has 1 saturated heterocycles. The first-order chi connectivity index (χ1) is 18.7. The molecule has 3 aromatic rings. The number of aliphatic hydroxyl groups is 1. The van der Waals surface area contributed by atoms with Crippen LogP contribution in [0.4, 0.5) is 0 Å². The van der Waals surface area contributed by atoms with Gasteiger partial charge in [-0.2, -0.15) is 0 Å². The van der Waals surface area contributed by atoms with Crippen molar-refractivity contribution in [2.45, 2.75) is 64.0 Å². The summed E-state index contributed by atoms with van der Waals surface area (Å²) in [6, 6.07) is 14.2. The molecule has 1 aliphatic heterocycles. The second kappa shape index (κ2) is 11.2. The lowest BCUT2D eigenvalue weighted by atomic mass is 9.71. The number of likely N-dealkylation sites (tertiary alicyclic amines) is 1. The molecule has 1 aliphatic carbocycles. The van der Waals surface area contributed by atoms with Gasteiger partial charge >= 0.3 is 5.63 Å². The lowest BCUT2D eigenvalue weighted by molar-refractivity contribution is -0.146. The highest BCUT2D eigenvalue weighted by atomic mass is 16.5. The molecule has 0 unspecified atom stereocenters. The summed E-state index contributed by atoms with van der Waals surface area (Å²) in [5.74, 6) is -0.0768. The van der Waals surface area contributed by atoms with E-state index in [0.717, 1.165) is 42.2 Å². The van der Waals surface area contributed by atoms with Gasteiger partial charge in [0.25, 0.3) is 5.91 Å². The summed E-state index contributed by atoms with van der Waals surface area (Å²) in [5.41, 5.74) is 1.84. The Morgan fingerprint density at radius 1 is 1.18 bits per heavy atom. The molecule has 8 nitrogen and oxygen atoms in total. The molecule has 2 amide bonds. The number of carbonyl (C=O) groups is 2. The fourth-order valence-corrected chi connectivity index (χ4v) is 6.01. The van der Waals surface area contributed by atoms with Crippen LogP contribution in [-0.4, -0.2) is 53.2 Å². The van der Waals surface area contributed by atoms with E-state index in [9.17, 15) is 19.5 Å². The molecule has 3 atom stereocenters. The van der Waals surface area contributed by atoms with Gasteiger partial charge in [-0.3, -0.25) is 9.59 Å². The Labute approximate surface area is 228 Å². The fraction of sp³-hybridized carbons (Fsp3) is 0.452. The summed E-state index contributed by atoms with van der Waals surface area (Å²) in [4.78, 5) is 40.0. The summed E-state index contributed by atoms with van der Waals surface area (Å²) < 4.78 is 11.3. The van der Waals surface area contributed by atoms with Gasteiger partial charge in [0.15, 0.2) is 6.61 Å².